The molecule has 1 amide bonds. The van der Waals surface area contributed by atoms with E-state index < -0.39 is 0 Å². The number of thiazole rings is 1. The van der Waals surface area contributed by atoms with Crippen molar-refractivity contribution in [3.63, 3.8) is 0 Å². The van der Waals surface area contributed by atoms with Gasteiger partial charge in [0.25, 0.3) is 5.91 Å². The second-order valence-electron chi connectivity index (χ2n) is 6.71. The average Bonchev–Trinajstić information content (AvgIpc) is 3.16. The molecule has 4 rings (SSSR count). The third kappa shape index (κ3) is 4.69. The molecule has 1 aliphatic rings. The number of nitrogens with one attached hydrogen (secondary N) is 2. The van der Waals surface area contributed by atoms with Crippen molar-refractivity contribution in [3.05, 3.63) is 52.1 Å². The third-order valence-corrected chi connectivity index (χ3v) is 5.45. The van der Waals surface area contributed by atoms with Crippen molar-refractivity contribution in [3.8, 4) is 0 Å². The molecule has 1 aromatic carbocycles. The molecule has 0 atom stereocenters. The lowest BCUT2D eigenvalue weighted by molar-refractivity contribution is 0.103. The Balaban J connectivity index is 1.44. The highest BCUT2D eigenvalue weighted by atomic mass is 32.1. The SMILES string of the molecule is Cc1cc(N2CCOCC2)nc(Nc2ccc(NC(=O)c3scnc3C)cc2)n1. The molecule has 8 nitrogen and oxygen atoms in total. The van der Waals surface area contributed by atoms with Gasteiger partial charge in [0.2, 0.25) is 5.95 Å². The molecular formula is C20H22N6O2S. The number of hydrogen-bond acceptors (Lipinski definition) is 8. The number of ether oxygens (including phenoxy) is 1. The number of rotatable bonds is 5. The molecule has 29 heavy (non-hydrogen) atoms. The van der Waals surface area contributed by atoms with Crippen molar-refractivity contribution in [2.75, 3.05) is 41.8 Å². The van der Waals surface area contributed by atoms with Crippen molar-refractivity contribution in [1.82, 2.24) is 15.0 Å². The first-order valence-electron chi connectivity index (χ1n) is 9.35. The standard InChI is InChI=1S/C20H22N6O2S/c1-13-11-17(26-7-9-28-10-8-26)25-20(22-13)24-16-5-3-15(4-6-16)23-19(27)18-14(2)21-12-29-18/h3-6,11-12H,7-10H2,1-2H3,(H,23,27)(H,22,24,25). The molecule has 1 aliphatic heterocycles. The Bertz CT molecular complexity index is 998. The lowest BCUT2D eigenvalue weighted by atomic mass is 10.2. The van der Waals surface area contributed by atoms with E-state index in [-0.39, 0.29) is 5.91 Å². The van der Waals surface area contributed by atoms with Gasteiger partial charge in [-0.1, -0.05) is 0 Å². The van der Waals surface area contributed by atoms with Crippen LogP contribution in [0.3, 0.4) is 0 Å². The Morgan fingerprint density at radius 1 is 1.10 bits per heavy atom. The summed E-state index contributed by atoms with van der Waals surface area (Å²) in [6, 6.07) is 9.44. The maximum atomic E-state index is 12.3. The number of aromatic nitrogens is 3. The Labute approximate surface area is 173 Å². The molecular weight excluding hydrogens is 388 g/mol. The van der Waals surface area contributed by atoms with Gasteiger partial charge >= 0.3 is 0 Å². The number of carbonyl (C=O) groups excluding carboxylic acids is 1. The van der Waals surface area contributed by atoms with Gasteiger partial charge in [-0.3, -0.25) is 4.79 Å². The van der Waals surface area contributed by atoms with E-state index in [4.69, 9.17) is 4.74 Å². The Kier molecular flexibility index (Phi) is 5.68. The van der Waals surface area contributed by atoms with Crippen LogP contribution in [0, 0.1) is 13.8 Å². The summed E-state index contributed by atoms with van der Waals surface area (Å²) in [5, 5.41) is 6.13. The van der Waals surface area contributed by atoms with E-state index in [9.17, 15) is 4.79 Å². The summed E-state index contributed by atoms with van der Waals surface area (Å²) in [5.41, 5.74) is 4.86. The highest BCUT2D eigenvalue weighted by molar-refractivity contribution is 7.12. The first-order valence-corrected chi connectivity index (χ1v) is 10.2. The predicted octanol–water partition coefficient (Wildman–Crippen LogP) is 3.38. The summed E-state index contributed by atoms with van der Waals surface area (Å²) in [6.07, 6.45) is 0. The zero-order chi connectivity index (χ0) is 20.2. The van der Waals surface area contributed by atoms with Crippen molar-refractivity contribution >= 4 is 40.4 Å². The second-order valence-corrected chi connectivity index (χ2v) is 7.57. The molecule has 3 heterocycles. The number of aryl methyl sites for hydroxylation is 2. The summed E-state index contributed by atoms with van der Waals surface area (Å²) < 4.78 is 5.41. The summed E-state index contributed by atoms with van der Waals surface area (Å²) in [5.74, 6) is 1.29. The van der Waals surface area contributed by atoms with E-state index in [1.807, 2.05) is 44.2 Å². The number of amides is 1. The molecule has 0 saturated carbocycles. The molecule has 0 radical (unpaired) electrons. The fraction of sp³-hybridized carbons (Fsp3) is 0.300. The molecule has 2 aromatic heterocycles. The number of morpholine rings is 1. The summed E-state index contributed by atoms with van der Waals surface area (Å²) in [6.45, 7) is 6.84. The minimum atomic E-state index is -0.150. The van der Waals surface area contributed by atoms with Gasteiger partial charge in [0.15, 0.2) is 0 Å². The third-order valence-electron chi connectivity index (χ3n) is 4.53. The number of anilines is 4. The molecule has 2 N–H and O–H groups in total. The first kappa shape index (κ1) is 19.3. The van der Waals surface area contributed by atoms with Gasteiger partial charge in [0.1, 0.15) is 10.7 Å². The van der Waals surface area contributed by atoms with E-state index in [0.29, 0.717) is 29.7 Å². The fourth-order valence-corrected chi connectivity index (χ4v) is 3.73. The van der Waals surface area contributed by atoms with E-state index in [0.717, 1.165) is 36.0 Å². The van der Waals surface area contributed by atoms with Crippen LogP contribution in [-0.4, -0.2) is 47.2 Å². The van der Waals surface area contributed by atoms with Gasteiger partial charge in [-0.05, 0) is 38.1 Å². The number of hydrogen-bond donors (Lipinski definition) is 2. The second kappa shape index (κ2) is 8.54. The Morgan fingerprint density at radius 3 is 2.52 bits per heavy atom. The molecule has 9 heteroatoms. The lowest BCUT2D eigenvalue weighted by Gasteiger charge is -2.28. The maximum absolute atomic E-state index is 12.3. The van der Waals surface area contributed by atoms with Crippen LogP contribution in [0.15, 0.2) is 35.8 Å². The van der Waals surface area contributed by atoms with E-state index >= 15 is 0 Å². The molecule has 0 bridgehead atoms. The summed E-state index contributed by atoms with van der Waals surface area (Å²) in [7, 11) is 0. The summed E-state index contributed by atoms with van der Waals surface area (Å²) >= 11 is 1.33. The number of carbonyl (C=O) groups is 1. The molecule has 0 unspecified atom stereocenters. The minimum absolute atomic E-state index is 0.150. The average molecular weight is 411 g/mol. The molecule has 0 aliphatic carbocycles. The van der Waals surface area contributed by atoms with Gasteiger partial charge in [-0.15, -0.1) is 11.3 Å². The van der Waals surface area contributed by atoms with Gasteiger partial charge in [0.05, 0.1) is 24.4 Å². The zero-order valence-electron chi connectivity index (χ0n) is 16.3. The van der Waals surface area contributed by atoms with Crippen LogP contribution in [0.25, 0.3) is 0 Å². The van der Waals surface area contributed by atoms with Gasteiger partial charge < -0.3 is 20.3 Å². The van der Waals surface area contributed by atoms with Crippen LogP contribution < -0.4 is 15.5 Å². The summed E-state index contributed by atoms with van der Waals surface area (Å²) in [4.78, 5) is 28.4. The topological polar surface area (TPSA) is 92.3 Å². The van der Waals surface area contributed by atoms with E-state index in [1.54, 1.807) is 5.51 Å². The largest absolute Gasteiger partial charge is 0.378 e. The van der Waals surface area contributed by atoms with Gasteiger partial charge in [0, 0.05) is 36.2 Å². The van der Waals surface area contributed by atoms with E-state index in [1.165, 1.54) is 11.3 Å². The highest BCUT2D eigenvalue weighted by Crippen LogP contribution is 2.21. The zero-order valence-corrected chi connectivity index (χ0v) is 17.1. The molecule has 0 spiro atoms. The maximum Gasteiger partial charge on any atom is 0.267 e. The van der Waals surface area contributed by atoms with Crippen LogP contribution in [0.1, 0.15) is 21.1 Å². The molecule has 150 valence electrons. The monoisotopic (exact) mass is 410 g/mol. The quantitative estimate of drug-likeness (QED) is 0.666. The first-order chi connectivity index (χ1) is 14.1. The van der Waals surface area contributed by atoms with Crippen LogP contribution in [-0.2, 0) is 4.74 Å². The molecule has 1 fully saturated rings. The predicted molar refractivity (Wildman–Crippen MR) is 114 cm³/mol. The molecule has 3 aromatic rings. The Morgan fingerprint density at radius 2 is 1.83 bits per heavy atom. The van der Waals surface area contributed by atoms with Crippen molar-refractivity contribution in [2.45, 2.75) is 13.8 Å². The van der Waals surface area contributed by atoms with Crippen LogP contribution in [0.2, 0.25) is 0 Å². The van der Waals surface area contributed by atoms with E-state index in [2.05, 4.69) is 30.5 Å². The number of benzene rings is 1. The fourth-order valence-electron chi connectivity index (χ4n) is 3.04. The van der Waals surface area contributed by atoms with Gasteiger partial charge in [-0.25, -0.2) is 9.97 Å². The van der Waals surface area contributed by atoms with Crippen LogP contribution in [0.5, 0.6) is 0 Å². The van der Waals surface area contributed by atoms with Crippen molar-refractivity contribution in [2.24, 2.45) is 0 Å². The lowest BCUT2D eigenvalue weighted by Crippen LogP contribution is -2.36. The van der Waals surface area contributed by atoms with Crippen LogP contribution in [0.4, 0.5) is 23.1 Å². The molecule has 1 saturated heterocycles. The minimum Gasteiger partial charge on any atom is -0.378 e. The Hall–Kier alpha value is -3.04. The normalized spacial score (nSPS) is 13.9. The smallest absolute Gasteiger partial charge is 0.267 e. The number of nitrogens with zero attached hydrogens (tertiary/aromatic N) is 4. The highest BCUT2D eigenvalue weighted by Gasteiger charge is 2.15. The van der Waals surface area contributed by atoms with Crippen LogP contribution >= 0.6 is 11.3 Å². The van der Waals surface area contributed by atoms with Crippen molar-refractivity contribution < 1.29 is 9.53 Å². The van der Waals surface area contributed by atoms with Crippen molar-refractivity contribution in [1.29, 1.82) is 0 Å². The van der Waals surface area contributed by atoms with Gasteiger partial charge in [-0.2, -0.15) is 4.98 Å².